The van der Waals surface area contributed by atoms with E-state index in [9.17, 15) is 0 Å². The molecule has 2 rings (SSSR count). The Kier molecular flexibility index (Phi) is 3.79. The zero-order valence-corrected chi connectivity index (χ0v) is 10.2. The van der Waals surface area contributed by atoms with Gasteiger partial charge in [0.15, 0.2) is 5.75 Å². The molecule has 1 heterocycles. The summed E-state index contributed by atoms with van der Waals surface area (Å²) in [5, 5.41) is 0.940. The summed E-state index contributed by atoms with van der Waals surface area (Å²) in [5.41, 5.74) is 6.23. The van der Waals surface area contributed by atoms with Crippen molar-refractivity contribution in [1.29, 1.82) is 0 Å². The van der Waals surface area contributed by atoms with Crippen LogP contribution in [0.3, 0.4) is 0 Å². The van der Waals surface area contributed by atoms with E-state index in [2.05, 4.69) is 0 Å². The highest BCUT2D eigenvalue weighted by atomic mass is 35.5. The molecule has 0 saturated carbocycles. The molecule has 1 unspecified atom stereocenters. The van der Waals surface area contributed by atoms with Gasteiger partial charge in [-0.1, -0.05) is 23.2 Å². The monoisotopic (exact) mass is 261 g/mol. The molecule has 1 aliphatic rings. The van der Waals surface area contributed by atoms with Crippen LogP contribution in [-0.2, 0) is 4.74 Å². The first-order valence-corrected chi connectivity index (χ1v) is 5.91. The van der Waals surface area contributed by atoms with E-state index in [1.807, 2.05) is 0 Å². The van der Waals surface area contributed by atoms with Crippen LogP contribution in [0.2, 0.25) is 10.0 Å². The predicted octanol–water partition coefficient (Wildman–Crippen LogP) is 3.13. The molecule has 1 aliphatic heterocycles. The molecule has 3 nitrogen and oxygen atoms in total. The largest absolute Gasteiger partial charge is 0.487 e. The van der Waals surface area contributed by atoms with Gasteiger partial charge in [0.1, 0.15) is 6.61 Å². The SMILES string of the molecule is Nc1cc(Cl)cc(Cl)c1OCC1CCCO1. The summed E-state index contributed by atoms with van der Waals surface area (Å²) in [6, 6.07) is 3.24. The van der Waals surface area contributed by atoms with Gasteiger partial charge in [0, 0.05) is 11.6 Å². The molecular weight excluding hydrogens is 249 g/mol. The van der Waals surface area contributed by atoms with Crippen molar-refractivity contribution >= 4 is 28.9 Å². The molecule has 0 radical (unpaired) electrons. The van der Waals surface area contributed by atoms with Gasteiger partial charge in [-0.15, -0.1) is 0 Å². The molecule has 16 heavy (non-hydrogen) atoms. The lowest BCUT2D eigenvalue weighted by atomic mass is 10.2. The van der Waals surface area contributed by atoms with Crippen LogP contribution in [0.25, 0.3) is 0 Å². The Labute approximate surface area is 104 Å². The molecule has 0 spiro atoms. The first-order valence-electron chi connectivity index (χ1n) is 5.16. The smallest absolute Gasteiger partial charge is 0.160 e. The highest BCUT2D eigenvalue weighted by molar-refractivity contribution is 6.36. The molecule has 1 aromatic rings. The molecule has 88 valence electrons. The van der Waals surface area contributed by atoms with Gasteiger partial charge in [-0.2, -0.15) is 0 Å². The van der Waals surface area contributed by atoms with Crippen LogP contribution in [0.1, 0.15) is 12.8 Å². The zero-order chi connectivity index (χ0) is 11.5. The summed E-state index contributed by atoms with van der Waals surface area (Å²) >= 11 is 11.8. The van der Waals surface area contributed by atoms with Crippen LogP contribution in [0.4, 0.5) is 5.69 Å². The summed E-state index contributed by atoms with van der Waals surface area (Å²) in [4.78, 5) is 0. The Hall–Kier alpha value is -0.640. The van der Waals surface area contributed by atoms with Gasteiger partial charge in [-0.3, -0.25) is 0 Å². The Morgan fingerprint density at radius 3 is 2.88 bits per heavy atom. The average Bonchev–Trinajstić information content (AvgIpc) is 2.68. The van der Waals surface area contributed by atoms with Gasteiger partial charge in [-0.05, 0) is 25.0 Å². The van der Waals surface area contributed by atoms with E-state index in [4.69, 9.17) is 38.4 Å². The number of ether oxygens (including phenoxy) is 2. The molecule has 1 atom stereocenters. The van der Waals surface area contributed by atoms with Crippen molar-refractivity contribution < 1.29 is 9.47 Å². The van der Waals surface area contributed by atoms with Crippen molar-refractivity contribution in [2.75, 3.05) is 18.9 Å². The molecule has 2 N–H and O–H groups in total. The highest BCUT2D eigenvalue weighted by Crippen LogP contribution is 2.34. The molecule has 0 aromatic heterocycles. The van der Waals surface area contributed by atoms with Crippen molar-refractivity contribution in [3.05, 3.63) is 22.2 Å². The lowest BCUT2D eigenvalue weighted by Crippen LogP contribution is -2.16. The van der Waals surface area contributed by atoms with Crippen LogP contribution in [0.15, 0.2) is 12.1 Å². The number of anilines is 1. The van der Waals surface area contributed by atoms with Crippen LogP contribution in [-0.4, -0.2) is 19.3 Å². The minimum absolute atomic E-state index is 0.145. The molecule has 1 fully saturated rings. The fourth-order valence-electron chi connectivity index (χ4n) is 1.68. The van der Waals surface area contributed by atoms with Crippen molar-refractivity contribution in [2.45, 2.75) is 18.9 Å². The molecule has 0 bridgehead atoms. The number of hydrogen-bond acceptors (Lipinski definition) is 3. The summed E-state index contributed by atoms with van der Waals surface area (Å²) in [6.45, 7) is 1.28. The minimum atomic E-state index is 0.145. The molecule has 5 heteroatoms. The van der Waals surface area contributed by atoms with Gasteiger partial charge in [0.05, 0.1) is 16.8 Å². The maximum atomic E-state index is 5.99. The van der Waals surface area contributed by atoms with Gasteiger partial charge in [0.2, 0.25) is 0 Å². The van der Waals surface area contributed by atoms with Gasteiger partial charge >= 0.3 is 0 Å². The van der Waals surface area contributed by atoms with E-state index in [1.165, 1.54) is 0 Å². The van der Waals surface area contributed by atoms with Gasteiger partial charge in [-0.25, -0.2) is 0 Å². The fraction of sp³-hybridized carbons (Fsp3) is 0.455. The third-order valence-electron chi connectivity index (χ3n) is 2.47. The van der Waals surface area contributed by atoms with Crippen molar-refractivity contribution in [3.63, 3.8) is 0 Å². The number of nitrogen functional groups attached to an aromatic ring is 1. The second-order valence-corrected chi connectivity index (χ2v) is 4.60. The van der Waals surface area contributed by atoms with E-state index < -0.39 is 0 Å². The van der Waals surface area contributed by atoms with E-state index in [-0.39, 0.29) is 6.10 Å². The average molecular weight is 262 g/mol. The Morgan fingerprint density at radius 1 is 1.44 bits per heavy atom. The van der Waals surface area contributed by atoms with Crippen molar-refractivity contribution in [2.24, 2.45) is 0 Å². The number of rotatable bonds is 3. The molecule has 1 aromatic carbocycles. The van der Waals surface area contributed by atoms with E-state index in [0.717, 1.165) is 19.4 Å². The Balaban J connectivity index is 2.03. The second-order valence-electron chi connectivity index (χ2n) is 3.75. The zero-order valence-electron chi connectivity index (χ0n) is 8.71. The lowest BCUT2D eigenvalue weighted by Gasteiger charge is -2.14. The predicted molar refractivity (Wildman–Crippen MR) is 65.3 cm³/mol. The van der Waals surface area contributed by atoms with E-state index in [0.29, 0.717) is 28.1 Å². The van der Waals surface area contributed by atoms with Gasteiger partial charge < -0.3 is 15.2 Å². The molecular formula is C11H13Cl2NO2. The number of benzene rings is 1. The maximum Gasteiger partial charge on any atom is 0.160 e. The number of hydrogen-bond donors (Lipinski definition) is 1. The number of halogens is 2. The molecule has 1 saturated heterocycles. The topological polar surface area (TPSA) is 44.5 Å². The third kappa shape index (κ3) is 2.73. The maximum absolute atomic E-state index is 5.99. The normalized spacial score (nSPS) is 20.0. The molecule has 0 aliphatic carbocycles. The first kappa shape index (κ1) is 11.8. The number of nitrogens with two attached hydrogens (primary N) is 1. The fourth-order valence-corrected chi connectivity index (χ4v) is 2.25. The first-order chi connectivity index (χ1) is 7.66. The van der Waals surface area contributed by atoms with Crippen LogP contribution in [0, 0.1) is 0 Å². The summed E-state index contributed by atoms with van der Waals surface area (Å²) in [5.74, 6) is 0.488. The molecule has 0 amide bonds. The van der Waals surface area contributed by atoms with Crippen LogP contribution < -0.4 is 10.5 Å². The van der Waals surface area contributed by atoms with Crippen molar-refractivity contribution in [1.82, 2.24) is 0 Å². The standard InChI is InChI=1S/C11H13Cl2NO2/c12-7-4-9(13)11(10(14)5-7)16-6-8-2-1-3-15-8/h4-5,8H,1-3,6,14H2. The highest BCUT2D eigenvalue weighted by Gasteiger charge is 2.17. The van der Waals surface area contributed by atoms with E-state index >= 15 is 0 Å². The summed E-state index contributed by atoms with van der Waals surface area (Å²) < 4.78 is 11.0. The van der Waals surface area contributed by atoms with Crippen molar-refractivity contribution in [3.8, 4) is 5.75 Å². The quantitative estimate of drug-likeness (QED) is 0.851. The van der Waals surface area contributed by atoms with Crippen LogP contribution in [0.5, 0.6) is 5.75 Å². The Morgan fingerprint density at radius 2 is 2.25 bits per heavy atom. The Bertz CT molecular complexity index is 355. The lowest BCUT2D eigenvalue weighted by molar-refractivity contribution is 0.0682. The van der Waals surface area contributed by atoms with Crippen LogP contribution >= 0.6 is 23.2 Å². The summed E-state index contributed by atoms with van der Waals surface area (Å²) in [7, 11) is 0. The second kappa shape index (κ2) is 5.13. The van der Waals surface area contributed by atoms with Gasteiger partial charge in [0.25, 0.3) is 0 Å². The summed E-state index contributed by atoms with van der Waals surface area (Å²) in [6.07, 6.45) is 2.24. The van der Waals surface area contributed by atoms with E-state index in [1.54, 1.807) is 12.1 Å². The third-order valence-corrected chi connectivity index (χ3v) is 2.97. The minimum Gasteiger partial charge on any atom is -0.487 e.